The van der Waals surface area contributed by atoms with Crippen LogP contribution in [0.5, 0.6) is 0 Å². The molecule has 0 atom stereocenters. The predicted molar refractivity (Wildman–Crippen MR) is 59.2 cm³/mol. The van der Waals surface area contributed by atoms with Crippen LogP contribution in [0.4, 0.5) is 11.4 Å². The number of nitrogens with one attached hydrogen (secondary N) is 2. The van der Waals surface area contributed by atoms with E-state index >= 15 is 0 Å². The van der Waals surface area contributed by atoms with Gasteiger partial charge in [-0.1, -0.05) is 0 Å². The number of hydrogen-bond donors (Lipinski definition) is 4. The molecule has 1 rings (SSSR count). The van der Waals surface area contributed by atoms with Crippen LogP contribution in [-0.2, 0) is 0 Å². The van der Waals surface area contributed by atoms with Crippen LogP contribution in [0.2, 0.25) is 0 Å². The largest absolute Gasteiger partial charge is 0.478 e. The number of carboxylic acids is 2. The van der Waals surface area contributed by atoms with Gasteiger partial charge in [0, 0.05) is 0 Å². The number of aromatic carboxylic acids is 2. The molecule has 0 spiro atoms. The first-order valence-corrected chi connectivity index (χ1v) is 4.33. The van der Waals surface area contributed by atoms with Crippen molar-refractivity contribution < 1.29 is 19.8 Å². The van der Waals surface area contributed by atoms with Crippen LogP contribution in [0.15, 0.2) is 22.7 Å². The molecule has 0 fully saturated rings. The molecule has 10 nitrogen and oxygen atoms in total. The summed E-state index contributed by atoms with van der Waals surface area (Å²) in [5, 5.41) is 22.3. The summed E-state index contributed by atoms with van der Waals surface area (Å²) in [6.07, 6.45) is 0. The van der Waals surface area contributed by atoms with Gasteiger partial charge < -0.3 is 10.2 Å². The van der Waals surface area contributed by atoms with Crippen molar-refractivity contribution in [2.24, 2.45) is 10.6 Å². The van der Waals surface area contributed by atoms with E-state index in [9.17, 15) is 19.4 Å². The van der Waals surface area contributed by atoms with Crippen LogP contribution in [0.1, 0.15) is 20.7 Å². The lowest BCUT2D eigenvalue weighted by molar-refractivity contribution is 0.0652. The number of carboxylic acid groups (broad SMARTS) is 2. The van der Waals surface area contributed by atoms with Gasteiger partial charge in [0.05, 0.1) is 27.5 Å². The molecule has 0 bridgehead atoms. The monoisotopic (exact) mass is 254 g/mol. The standard InChI is InChI=1S/C8H6N4O6/c13-7(14)3-1-2-4(9-11-17)6(10-12-18)5(3)8(15)16/h1-2H,(H,9,17)(H,10,18)(H,13,14)(H,15,16). The van der Waals surface area contributed by atoms with E-state index in [0.717, 1.165) is 12.1 Å². The van der Waals surface area contributed by atoms with Crippen LogP contribution in [0.25, 0.3) is 0 Å². The second-order valence-corrected chi connectivity index (χ2v) is 2.93. The smallest absolute Gasteiger partial charge is 0.338 e. The zero-order valence-corrected chi connectivity index (χ0v) is 8.58. The van der Waals surface area contributed by atoms with E-state index < -0.39 is 28.8 Å². The Bertz CT molecular complexity index is 529. The molecule has 0 saturated heterocycles. The van der Waals surface area contributed by atoms with E-state index in [4.69, 9.17) is 10.2 Å². The zero-order chi connectivity index (χ0) is 13.7. The molecule has 0 radical (unpaired) electrons. The highest BCUT2D eigenvalue weighted by atomic mass is 16.4. The Labute approximate surface area is 98.5 Å². The first kappa shape index (κ1) is 13.0. The van der Waals surface area contributed by atoms with Crippen molar-refractivity contribution in [3.8, 4) is 0 Å². The summed E-state index contributed by atoms with van der Waals surface area (Å²) in [6, 6.07) is 2.03. The molecule has 0 aromatic heterocycles. The maximum absolute atomic E-state index is 11.0. The maximum atomic E-state index is 11.0. The summed E-state index contributed by atoms with van der Waals surface area (Å²) < 4.78 is 0. The maximum Gasteiger partial charge on any atom is 0.338 e. The van der Waals surface area contributed by atoms with Crippen molar-refractivity contribution in [1.29, 1.82) is 0 Å². The number of nitroso groups, excluding NO2 is 2. The summed E-state index contributed by atoms with van der Waals surface area (Å²) in [6.45, 7) is 0. The minimum atomic E-state index is -1.60. The Hall–Kier alpha value is -3.04. The van der Waals surface area contributed by atoms with Crippen molar-refractivity contribution >= 4 is 23.3 Å². The Morgan fingerprint density at radius 3 is 2.06 bits per heavy atom. The molecule has 10 heteroatoms. The predicted octanol–water partition coefficient (Wildman–Crippen LogP) is 1.27. The van der Waals surface area contributed by atoms with Gasteiger partial charge in [0.15, 0.2) is 0 Å². The van der Waals surface area contributed by atoms with Crippen molar-refractivity contribution in [3.63, 3.8) is 0 Å². The molecule has 1 aromatic carbocycles. The molecule has 4 N–H and O–H groups in total. The fourth-order valence-corrected chi connectivity index (χ4v) is 1.31. The molecular formula is C8H6N4O6. The Morgan fingerprint density at radius 2 is 1.61 bits per heavy atom. The molecule has 1 aromatic rings. The zero-order valence-electron chi connectivity index (χ0n) is 8.58. The number of rotatable bonds is 6. The van der Waals surface area contributed by atoms with Gasteiger partial charge in [0.1, 0.15) is 5.56 Å². The average molecular weight is 254 g/mol. The lowest BCUT2D eigenvalue weighted by atomic mass is 10.0. The summed E-state index contributed by atoms with van der Waals surface area (Å²) in [5.74, 6) is -3.11. The minimum absolute atomic E-state index is 0.188. The highest BCUT2D eigenvalue weighted by molar-refractivity contribution is 6.08. The van der Waals surface area contributed by atoms with E-state index in [1.165, 1.54) is 0 Å². The highest BCUT2D eigenvalue weighted by Crippen LogP contribution is 2.29. The molecule has 0 aliphatic carbocycles. The Balaban J connectivity index is 3.58. The molecule has 18 heavy (non-hydrogen) atoms. The molecule has 94 valence electrons. The van der Waals surface area contributed by atoms with Crippen molar-refractivity contribution in [1.82, 2.24) is 0 Å². The lowest BCUT2D eigenvalue weighted by Gasteiger charge is -2.11. The van der Waals surface area contributed by atoms with Gasteiger partial charge >= 0.3 is 11.9 Å². The second-order valence-electron chi connectivity index (χ2n) is 2.93. The Morgan fingerprint density at radius 1 is 1.00 bits per heavy atom. The fraction of sp³-hybridized carbons (Fsp3) is 0. The summed E-state index contributed by atoms with van der Waals surface area (Å²) in [5.41, 5.74) is 1.72. The second kappa shape index (κ2) is 5.34. The van der Waals surface area contributed by atoms with Crippen LogP contribution in [0, 0.1) is 9.81 Å². The van der Waals surface area contributed by atoms with E-state index in [1.54, 1.807) is 5.43 Å². The van der Waals surface area contributed by atoms with Gasteiger partial charge in [-0.3, -0.25) is 0 Å². The molecule has 0 amide bonds. The van der Waals surface area contributed by atoms with E-state index in [2.05, 4.69) is 10.6 Å². The van der Waals surface area contributed by atoms with Gasteiger partial charge in [-0.05, 0) is 12.1 Å². The van der Waals surface area contributed by atoms with Gasteiger partial charge in [-0.15, -0.1) is 9.81 Å². The van der Waals surface area contributed by atoms with E-state index in [-0.39, 0.29) is 5.69 Å². The van der Waals surface area contributed by atoms with E-state index in [0.29, 0.717) is 0 Å². The average Bonchev–Trinajstić information content (AvgIpc) is 2.30. The third kappa shape index (κ3) is 2.37. The van der Waals surface area contributed by atoms with Crippen LogP contribution in [-0.4, -0.2) is 22.2 Å². The van der Waals surface area contributed by atoms with Crippen molar-refractivity contribution in [2.75, 3.05) is 10.9 Å². The molecule has 0 unspecified atom stereocenters. The number of hydrogen-bond acceptors (Lipinski definition) is 6. The van der Waals surface area contributed by atoms with Gasteiger partial charge in [-0.25, -0.2) is 20.4 Å². The third-order valence-corrected chi connectivity index (χ3v) is 1.97. The van der Waals surface area contributed by atoms with Crippen molar-refractivity contribution in [3.05, 3.63) is 33.1 Å². The number of benzene rings is 1. The topological polar surface area (TPSA) is 158 Å². The molecule has 0 heterocycles. The van der Waals surface area contributed by atoms with Crippen LogP contribution >= 0.6 is 0 Å². The SMILES string of the molecule is O=NNc1ccc(C(=O)O)c(C(=O)O)c1NN=O. The van der Waals surface area contributed by atoms with Crippen LogP contribution < -0.4 is 10.9 Å². The van der Waals surface area contributed by atoms with Crippen molar-refractivity contribution in [2.45, 2.75) is 0 Å². The molecule has 0 aliphatic heterocycles. The summed E-state index contributed by atoms with van der Waals surface area (Å²) in [4.78, 5) is 42.1. The van der Waals surface area contributed by atoms with Crippen LogP contribution in [0.3, 0.4) is 0 Å². The molecular weight excluding hydrogens is 248 g/mol. The quantitative estimate of drug-likeness (QED) is 0.436. The third-order valence-electron chi connectivity index (χ3n) is 1.97. The highest BCUT2D eigenvalue weighted by Gasteiger charge is 2.23. The van der Waals surface area contributed by atoms with Gasteiger partial charge in [-0.2, -0.15) is 0 Å². The lowest BCUT2D eigenvalue weighted by Crippen LogP contribution is -2.12. The molecule has 0 aliphatic rings. The first-order chi connectivity index (χ1) is 8.52. The summed E-state index contributed by atoms with van der Waals surface area (Å²) in [7, 11) is 0. The molecule has 0 saturated carbocycles. The van der Waals surface area contributed by atoms with Gasteiger partial charge in [0.25, 0.3) is 0 Å². The summed E-state index contributed by atoms with van der Waals surface area (Å²) >= 11 is 0. The number of carbonyl (C=O) groups is 2. The Kier molecular flexibility index (Phi) is 3.86. The number of anilines is 2. The minimum Gasteiger partial charge on any atom is -0.478 e. The fourth-order valence-electron chi connectivity index (χ4n) is 1.31. The normalized spacial score (nSPS) is 9.33. The number of nitrogens with zero attached hydrogens (tertiary/aromatic N) is 2. The van der Waals surface area contributed by atoms with Gasteiger partial charge in [0.2, 0.25) is 0 Å². The first-order valence-electron chi connectivity index (χ1n) is 4.33. The van der Waals surface area contributed by atoms with E-state index in [1.807, 2.05) is 5.43 Å².